The molecule has 0 radical (unpaired) electrons. The van der Waals surface area contributed by atoms with Crippen molar-refractivity contribution in [2.75, 3.05) is 12.0 Å². The third-order valence-corrected chi connectivity index (χ3v) is 5.10. The van der Waals surface area contributed by atoms with Crippen molar-refractivity contribution in [3.05, 3.63) is 89.7 Å². The van der Waals surface area contributed by atoms with Gasteiger partial charge in [-0.3, -0.25) is 4.79 Å². The molecule has 0 spiro atoms. The highest BCUT2D eigenvalue weighted by molar-refractivity contribution is 5.97. The predicted molar refractivity (Wildman–Crippen MR) is 120 cm³/mol. The first-order valence-corrected chi connectivity index (χ1v) is 10.4. The molecule has 1 amide bonds. The number of halogens is 1. The molecule has 0 N–H and O–H groups in total. The zero-order valence-electron chi connectivity index (χ0n) is 17.8. The van der Waals surface area contributed by atoms with Crippen LogP contribution in [0.3, 0.4) is 0 Å². The summed E-state index contributed by atoms with van der Waals surface area (Å²) >= 11 is 0. The zero-order chi connectivity index (χ0) is 22.2. The molecule has 0 unspecified atom stereocenters. The monoisotopic (exact) mass is 419 g/mol. The van der Waals surface area contributed by atoms with E-state index in [4.69, 9.17) is 4.74 Å². The molecule has 4 nitrogen and oxygen atoms in total. The summed E-state index contributed by atoms with van der Waals surface area (Å²) in [6, 6.07) is 21.0. The summed E-state index contributed by atoms with van der Waals surface area (Å²) in [6.45, 7) is 2.37. The first kappa shape index (κ1) is 22.2. The van der Waals surface area contributed by atoms with E-state index < -0.39 is 5.97 Å². The van der Waals surface area contributed by atoms with E-state index in [1.54, 1.807) is 29.2 Å². The average molecular weight is 419 g/mol. The molecule has 0 aromatic heterocycles. The van der Waals surface area contributed by atoms with Crippen LogP contribution in [0.1, 0.15) is 42.1 Å². The number of unbranched alkanes of at least 4 members (excludes halogenated alkanes) is 1. The van der Waals surface area contributed by atoms with E-state index in [1.165, 1.54) is 19.2 Å². The highest BCUT2D eigenvalue weighted by Gasteiger charge is 2.17. The number of carbonyl (C=O) groups is 2. The minimum absolute atomic E-state index is 0.0347. The Balaban J connectivity index is 1.87. The number of nitrogens with zero attached hydrogens (tertiary/aromatic N) is 1. The summed E-state index contributed by atoms with van der Waals surface area (Å²) in [5.74, 6) is -0.799. The van der Waals surface area contributed by atoms with Gasteiger partial charge in [-0.15, -0.1) is 0 Å². The van der Waals surface area contributed by atoms with E-state index >= 15 is 0 Å². The molecule has 160 valence electrons. The van der Waals surface area contributed by atoms with E-state index in [0.29, 0.717) is 24.2 Å². The van der Waals surface area contributed by atoms with Crippen molar-refractivity contribution in [3.63, 3.8) is 0 Å². The maximum absolute atomic E-state index is 13.8. The molecule has 3 aromatic carbocycles. The maximum atomic E-state index is 13.8. The largest absolute Gasteiger partial charge is 0.465 e. The van der Waals surface area contributed by atoms with Crippen LogP contribution >= 0.6 is 0 Å². The molecule has 31 heavy (non-hydrogen) atoms. The maximum Gasteiger partial charge on any atom is 0.338 e. The number of hydrogen-bond donors (Lipinski definition) is 0. The number of amides is 1. The number of carbonyl (C=O) groups excluding carboxylic acids is 2. The molecule has 0 saturated heterocycles. The minimum Gasteiger partial charge on any atom is -0.465 e. The van der Waals surface area contributed by atoms with Gasteiger partial charge < -0.3 is 9.64 Å². The molecule has 0 fully saturated rings. The van der Waals surface area contributed by atoms with Crippen LogP contribution in [0.5, 0.6) is 0 Å². The first-order chi connectivity index (χ1) is 15.0. The second-order valence-corrected chi connectivity index (χ2v) is 7.30. The Morgan fingerprint density at radius 1 is 0.968 bits per heavy atom. The Labute approximate surface area is 182 Å². The van der Waals surface area contributed by atoms with Crippen molar-refractivity contribution in [2.24, 2.45) is 0 Å². The van der Waals surface area contributed by atoms with Gasteiger partial charge in [-0.1, -0.05) is 61.9 Å². The van der Waals surface area contributed by atoms with Crippen LogP contribution < -0.4 is 4.90 Å². The normalized spacial score (nSPS) is 10.5. The Bertz CT molecular complexity index is 1050. The van der Waals surface area contributed by atoms with Gasteiger partial charge in [0.15, 0.2) is 0 Å². The lowest BCUT2D eigenvalue weighted by atomic mass is 9.98. The van der Waals surface area contributed by atoms with Crippen LogP contribution in [0.15, 0.2) is 72.8 Å². The smallest absolute Gasteiger partial charge is 0.338 e. The van der Waals surface area contributed by atoms with Gasteiger partial charge >= 0.3 is 5.97 Å². The summed E-state index contributed by atoms with van der Waals surface area (Å²) in [5.41, 5.74) is 3.60. The Kier molecular flexibility index (Phi) is 7.55. The van der Waals surface area contributed by atoms with E-state index in [-0.39, 0.29) is 11.7 Å². The van der Waals surface area contributed by atoms with Crippen molar-refractivity contribution < 1.29 is 18.7 Å². The van der Waals surface area contributed by atoms with Crippen LogP contribution in [0.2, 0.25) is 0 Å². The van der Waals surface area contributed by atoms with Gasteiger partial charge in [-0.25, -0.2) is 9.18 Å². The Hall–Kier alpha value is -3.47. The van der Waals surface area contributed by atoms with Crippen LogP contribution in [0, 0.1) is 5.82 Å². The van der Waals surface area contributed by atoms with Crippen molar-refractivity contribution in [3.8, 4) is 11.1 Å². The average Bonchev–Trinajstić information content (AvgIpc) is 2.81. The third-order valence-electron chi connectivity index (χ3n) is 5.10. The van der Waals surface area contributed by atoms with Gasteiger partial charge in [0.25, 0.3) is 0 Å². The number of rotatable bonds is 8. The fourth-order valence-corrected chi connectivity index (χ4v) is 3.43. The van der Waals surface area contributed by atoms with Gasteiger partial charge in [0.05, 0.1) is 19.2 Å². The minimum atomic E-state index is -0.390. The number of esters is 1. The fourth-order valence-electron chi connectivity index (χ4n) is 3.43. The van der Waals surface area contributed by atoms with Gasteiger partial charge in [0.2, 0.25) is 5.91 Å². The summed E-state index contributed by atoms with van der Waals surface area (Å²) in [4.78, 5) is 26.5. The lowest BCUT2D eigenvalue weighted by Gasteiger charge is -2.23. The van der Waals surface area contributed by atoms with Crippen molar-refractivity contribution >= 4 is 17.6 Å². The number of ether oxygens (including phenoxy) is 1. The van der Waals surface area contributed by atoms with Crippen molar-refractivity contribution in [1.29, 1.82) is 0 Å². The number of benzene rings is 3. The molecule has 0 heterocycles. The second kappa shape index (κ2) is 10.5. The van der Waals surface area contributed by atoms with Crippen LogP contribution in [-0.4, -0.2) is 19.0 Å². The van der Waals surface area contributed by atoms with Crippen LogP contribution in [0.4, 0.5) is 10.1 Å². The zero-order valence-corrected chi connectivity index (χ0v) is 17.8. The highest BCUT2D eigenvalue weighted by atomic mass is 19.1. The van der Waals surface area contributed by atoms with Gasteiger partial charge in [-0.2, -0.15) is 0 Å². The van der Waals surface area contributed by atoms with Gasteiger partial charge in [-0.05, 0) is 47.4 Å². The lowest BCUT2D eigenvalue weighted by molar-refractivity contribution is -0.118. The molecular formula is C26H26FNO3. The Morgan fingerprint density at radius 3 is 2.39 bits per heavy atom. The summed E-state index contributed by atoms with van der Waals surface area (Å²) < 4.78 is 18.7. The van der Waals surface area contributed by atoms with Crippen molar-refractivity contribution in [2.45, 2.75) is 32.7 Å². The van der Waals surface area contributed by atoms with Crippen LogP contribution in [-0.2, 0) is 16.1 Å². The number of hydrogen-bond acceptors (Lipinski definition) is 3. The predicted octanol–water partition coefficient (Wildman–Crippen LogP) is 6.00. The number of methoxy groups -OCH3 is 1. The number of anilines is 1. The molecule has 0 aliphatic heterocycles. The van der Waals surface area contributed by atoms with E-state index in [9.17, 15) is 14.0 Å². The standard InChI is InChI=1S/C26H26FNO3/c1-3-4-12-25(29)28(22-9-7-8-21(27)17-22)18-19-13-15-20(16-14-19)23-10-5-6-11-24(23)26(30)31-2/h5-11,13-17H,3-4,12,18H2,1-2H3. The topological polar surface area (TPSA) is 46.6 Å². The van der Waals surface area contributed by atoms with Gasteiger partial charge in [0.1, 0.15) is 5.82 Å². The SMILES string of the molecule is CCCCC(=O)N(Cc1ccc(-c2ccccc2C(=O)OC)cc1)c1cccc(F)c1. The third kappa shape index (κ3) is 5.57. The van der Waals surface area contributed by atoms with E-state index in [1.807, 2.05) is 43.3 Å². The molecule has 5 heteroatoms. The fraction of sp³-hybridized carbons (Fsp3) is 0.231. The molecule has 0 saturated carbocycles. The molecule has 0 aliphatic carbocycles. The lowest BCUT2D eigenvalue weighted by Crippen LogP contribution is -2.30. The Morgan fingerprint density at radius 2 is 1.71 bits per heavy atom. The van der Waals surface area contributed by atoms with Crippen LogP contribution in [0.25, 0.3) is 11.1 Å². The summed E-state index contributed by atoms with van der Waals surface area (Å²) in [6.07, 6.45) is 2.11. The van der Waals surface area contributed by atoms with Crippen molar-refractivity contribution in [1.82, 2.24) is 0 Å². The second-order valence-electron chi connectivity index (χ2n) is 7.30. The molecule has 0 atom stereocenters. The molecule has 0 bridgehead atoms. The first-order valence-electron chi connectivity index (χ1n) is 10.4. The molecular weight excluding hydrogens is 393 g/mol. The van der Waals surface area contributed by atoms with E-state index in [0.717, 1.165) is 29.5 Å². The van der Waals surface area contributed by atoms with Gasteiger partial charge in [0, 0.05) is 12.1 Å². The molecule has 0 aliphatic rings. The molecule has 3 aromatic rings. The quantitative estimate of drug-likeness (QED) is 0.421. The van der Waals surface area contributed by atoms with E-state index in [2.05, 4.69) is 0 Å². The summed E-state index contributed by atoms with van der Waals surface area (Å²) in [7, 11) is 1.36. The summed E-state index contributed by atoms with van der Waals surface area (Å²) in [5, 5.41) is 0. The highest BCUT2D eigenvalue weighted by Crippen LogP contribution is 2.26. The molecule has 3 rings (SSSR count).